The number of aromatic nitrogens is 3. The molecule has 0 unspecified atom stereocenters. The SMILES string of the molecule is Cc1ncc(CNC(=O)c2cc(OCC3CCOCC3)cc(-c3ncc(C4CCC4)s3)c2)cn1. The predicted molar refractivity (Wildman–Crippen MR) is 131 cm³/mol. The smallest absolute Gasteiger partial charge is 0.251 e. The fourth-order valence-electron chi connectivity index (χ4n) is 4.16. The normalized spacial score (nSPS) is 16.7. The fraction of sp³-hybridized carbons (Fsp3) is 0.462. The summed E-state index contributed by atoms with van der Waals surface area (Å²) in [6.45, 7) is 4.40. The number of amides is 1. The molecule has 34 heavy (non-hydrogen) atoms. The van der Waals surface area contributed by atoms with Crippen LogP contribution in [0.2, 0.25) is 0 Å². The monoisotopic (exact) mass is 478 g/mol. The van der Waals surface area contributed by atoms with Crippen LogP contribution >= 0.6 is 11.3 Å². The Bertz CT molecular complexity index is 1120. The number of ether oxygens (including phenoxy) is 2. The van der Waals surface area contributed by atoms with Gasteiger partial charge in [-0.2, -0.15) is 0 Å². The molecule has 0 spiro atoms. The van der Waals surface area contributed by atoms with Gasteiger partial charge in [0.15, 0.2) is 0 Å². The van der Waals surface area contributed by atoms with Crippen LogP contribution in [0.1, 0.15) is 64.6 Å². The lowest BCUT2D eigenvalue weighted by Gasteiger charge is -2.23. The fourth-order valence-corrected chi connectivity index (χ4v) is 5.23. The number of carbonyl (C=O) groups is 1. The Balaban J connectivity index is 1.34. The van der Waals surface area contributed by atoms with Crippen LogP contribution in [0.5, 0.6) is 5.75 Å². The Morgan fingerprint density at radius 1 is 1.09 bits per heavy atom. The van der Waals surface area contributed by atoms with Crippen molar-refractivity contribution in [1.82, 2.24) is 20.3 Å². The number of rotatable bonds is 8. The molecule has 8 heteroatoms. The van der Waals surface area contributed by atoms with E-state index in [0.717, 1.165) is 42.2 Å². The Morgan fingerprint density at radius 2 is 1.88 bits per heavy atom. The van der Waals surface area contributed by atoms with E-state index in [2.05, 4.69) is 20.3 Å². The van der Waals surface area contributed by atoms with Gasteiger partial charge >= 0.3 is 0 Å². The highest BCUT2D eigenvalue weighted by molar-refractivity contribution is 7.15. The van der Waals surface area contributed by atoms with Gasteiger partial charge < -0.3 is 14.8 Å². The number of thiazole rings is 1. The highest BCUT2D eigenvalue weighted by Crippen LogP contribution is 2.41. The zero-order chi connectivity index (χ0) is 23.3. The lowest BCUT2D eigenvalue weighted by atomic mass is 9.85. The average molecular weight is 479 g/mol. The van der Waals surface area contributed by atoms with E-state index < -0.39 is 0 Å². The van der Waals surface area contributed by atoms with Crippen molar-refractivity contribution in [2.75, 3.05) is 19.8 Å². The molecule has 0 radical (unpaired) electrons. The molecule has 1 aromatic carbocycles. The first-order chi connectivity index (χ1) is 16.6. The first-order valence-electron chi connectivity index (χ1n) is 12.0. The Hall–Kier alpha value is -2.84. The summed E-state index contributed by atoms with van der Waals surface area (Å²) < 4.78 is 11.6. The summed E-state index contributed by atoms with van der Waals surface area (Å²) in [4.78, 5) is 27.5. The topological polar surface area (TPSA) is 86.2 Å². The van der Waals surface area contributed by atoms with Gasteiger partial charge in [0.25, 0.3) is 5.91 Å². The van der Waals surface area contributed by atoms with Gasteiger partial charge in [-0.15, -0.1) is 11.3 Å². The third kappa shape index (κ3) is 5.62. The van der Waals surface area contributed by atoms with Gasteiger partial charge in [0.1, 0.15) is 16.6 Å². The standard InChI is InChI=1S/C26H30N4O3S/c1-17-27-12-19(13-28-17)14-29-25(31)21-9-22(26-30-15-24(34-26)20-3-2-4-20)11-23(10-21)33-16-18-5-7-32-8-6-18/h9-13,15,18,20H,2-8,14,16H2,1H3,(H,29,31). The minimum atomic E-state index is -0.158. The van der Waals surface area contributed by atoms with Crippen LogP contribution in [-0.4, -0.2) is 40.7 Å². The number of nitrogens with one attached hydrogen (secondary N) is 1. The van der Waals surface area contributed by atoms with Crippen LogP contribution in [0.3, 0.4) is 0 Å². The van der Waals surface area contributed by atoms with Crippen LogP contribution in [0.25, 0.3) is 10.6 Å². The van der Waals surface area contributed by atoms with Crippen LogP contribution < -0.4 is 10.1 Å². The minimum absolute atomic E-state index is 0.158. The minimum Gasteiger partial charge on any atom is -0.493 e. The molecule has 1 N–H and O–H groups in total. The average Bonchev–Trinajstić information content (AvgIpc) is 3.31. The lowest BCUT2D eigenvalue weighted by Crippen LogP contribution is -2.23. The van der Waals surface area contributed by atoms with Gasteiger partial charge in [0.2, 0.25) is 0 Å². The molecule has 0 bridgehead atoms. The number of hydrogen-bond acceptors (Lipinski definition) is 7. The molecular formula is C26H30N4O3S. The van der Waals surface area contributed by atoms with Gasteiger partial charge in [0, 0.05) is 59.9 Å². The summed E-state index contributed by atoms with van der Waals surface area (Å²) in [5.74, 6) is 2.36. The van der Waals surface area contributed by atoms with E-state index in [1.54, 1.807) is 23.7 Å². The van der Waals surface area contributed by atoms with Crippen LogP contribution in [-0.2, 0) is 11.3 Å². The van der Waals surface area contributed by atoms with Crippen molar-refractivity contribution in [3.05, 3.63) is 58.6 Å². The molecule has 1 amide bonds. The van der Waals surface area contributed by atoms with Crippen molar-refractivity contribution < 1.29 is 14.3 Å². The molecule has 7 nitrogen and oxygen atoms in total. The molecule has 1 aliphatic carbocycles. The third-order valence-corrected chi connectivity index (χ3v) is 7.77. The highest BCUT2D eigenvalue weighted by Gasteiger charge is 2.23. The zero-order valence-corrected chi connectivity index (χ0v) is 20.3. The number of benzene rings is 1. The largest absolute Gasteiger partial charge is 0.493 e. The number of hydrogen-bond donors (Lipinski definition) is 1. The van der Waals surface area contributed by atoms with Crippen LogP contribution in [0.4, 0.5) is 0 Å². The summed E-state index contributed by atoms with van der Waals surface area (Å²) in [5.41, 5.74) is 2.34. The second kappa shape index (κ2) is 10.6. The van der Waals surface area contributed by atoms with E-state index in [0.29, 0.717) is 42.1 Å². The second-order valence-electron chi connectivity index (χ2n) is 9.13. The Kier molecular flexibility index (Phi) is 7.16. The van der Waals surface area contributed by atoms with Crippen molar-refractivity contribution in [2.24, 2.45) is 5.92 Å². The van der Waals surface area contributed by atoms with Crippen molar-refractivity contribution in [3.63, 3.8) is 0 Å². The summed E-state index contributed by atoms with van der Waals surface area (Å²) in [6, 6.07) is 5.74. The van der Waals surface area contributed by atoms with Gasteiger partial charge in [-0.3, -0.25) is 4.79 Å². The summed E-state index contributed by atoms with van der Waals surface area (Å²) in [6.07, 6.45) is 11.3. The van der Waals surface area contributed by atoms with Crippen molar-refractivity contribution in [1.29, 1.82) is 0 Å². The van der Waals surface area contributed by atoms with Crippen molar-refractivity contribution in [2.45, 2.75) is 51.5 Å². The van der Waals surface area contributed by atoms with Crippen LogP contribution in [0.15, 0.2) is 36.8 Å². The van der Waals surface area contributed by atoms with Crippen molar-refractivity contribution >= 4 is 17.2 Å². The summed E-state index contributed by atoms with van der Waals surface area (Å²) in [7, 11) is 0. The maximum atomic E-state index is 13.1. The maximum Gasteiger partial charge on any atom is 0.251 e. The zero-order valence-electron chi connectivity index (χ0n) is 19.5. The van der Waals surface area contributed by atoms with Gasteiger partial charge in [0.05, 0.1) is 6.61 Å². The van der Waals surface area contributed by atoms with E-state index in [4.69, 9.17) is 9.47 Å². The van der Waals surface area contributed by atoms with E-state index in [-0.39, 0.29) is 5.91 Å². The molecule has 3 heterocycles. The molecule has 178 valence electrons. The highest BCUT2D eigenvalue weighted by atomic mass is 32.1. The summed E-state index contributed by atoms with van der Waals surface area (Å²) in [5, 5.41) is 3.91. The molecule has 5 rings (SSSR count). The summed E-state index contributed by atoms with van der Waals surface area (Å²) >= 11 is 1.73. The van der Waals surface area contributed by atoms with Gasteiger partial charge in [-0.05, 0) is 62.6 Å². The molecule has 2 fully saturated rings. The predicted octanol–water partition coefficient (Wildman–Crippen LogP) is 4.91. The first kappa shape index (κ1) is 22.9. The Labute approximate surface area is 204 Å². The van der Waals surface area contributed by atoms with E-state index in [1.807, 2.05) is 31.3 Å². The third-order valence-electron chi connectivity index (χ3n) is 6.56. The molecular weight excluding hydrogens is 448 g/mol. The van der Waals surface area contributed by atoms with Crippen LogP contribution in [0, 0.1) is 12.8 Å². The first-order valence-corrected chi connectivity index (χ1v) is 12.8. The molecule has 0 atom stereocenters. The number of carbonyl (C=O) groups excluding carboxylic acids is 1. The van der Waals surface area contributed by atoms with E-state index in [9.17, 15) is 4.79 Å². The molecule has 1 saturated carbocycles. The van der Waals surface area contributed by atoms with Gasteiger partial charge in [-0.1, -0.05) is 6.42 Å². The lowest BCUT2D eigenvalue weighted by molar-refractivity contribution is 0.0497. The molecule has 1 aliphatic heterocycles. The van der Waals surface area contributed by atoms with Gasteiger partial charge in [-0.25, -0.2) is 15.0 Å². The maximum absolute atomic E-state index is 13.1. The molecule has 1 saturated heterocycles. The molecule has 3 aromatic rings. The number of aryl methyl sites for hydroxylation is 1. The number of nitrogens with zero attached hydrogens (tertiary/aromatic N) is 3. The second-order valence-corrected chi connectivity index (χ2v) is 10.2. The quantitative estimate of drug-likeness (QED) is 0.495. The molecule has 2 aliphatic rings. The Morgan fingerprint density at radius 3 is 2.62 bits per heavy atom. The van der Waals surface area contributed by atoms with E-state index in [1.165, 1.54) is 24.1 Å². The molecule has 2 aromatic heterocycles. The van der Waals surface area contributed by atoms with E-state index >= 15 is 0 Å². The van der Waals surface area contributed by atoms with Crippen molar-refractivity contribution in [3.8, 4) is 16.3 Å².